The van der Waals surface area contributed by atoms with Gasteiger partial charge in [0.25, 0.3) is 10.0 Å². The zero-order valence-electron chi connectivity index (χ0n) is 10.6. The number of rotatable bonds is 2. The van der Waals surface area contributed by atoms with Crippen LogP contribution >= 0.6 is 22.9 Å². The number of imidazole rings is 1. The number of fused-ring (bicyclic) bond motifs is 1. The first kappa shape index (κ1) is 13.4. The van der Waals surface area contributed by atoms with E-state index in [0.29, 0.717) is 18.1 Å². The largest absolute Gasteiger partial charge is 0.279 e. The van der Waals surface area contributed by atoms with Crippen molar-refractivity contribution in [1.29, 1.82) is 0 Å². The highest BCUT2D eigenvalue weighted by molar-refractivity contribution is 7.89. The van der Waals surface area contributed by atoms with Gasteiger partial charge in [0.05, 0.1) is 0 Å². The molecule has 19 heavy (non-hydrogen) atoms. The molecule has 0 N–H and O–H groups in total. The standard InChI is InChI=1S/C11H14ClN3O2S2/c1-11(2)3-4-14(7-11)19(16,17)9-8(12)13-10-15(9)5-6-18-10/h5-6H,3-4,7H2,1-2H3. The van der Waals surface area contributed by atoms with Crippen LogP contribution in [0.5, 0.6) is 0 Å². The number of aromatic nitrogens is 2. The highest BCUT2D eigenvalue weighted by Gasteiger charge is 2.39. The summed E-state index contributed by atoms with van der Waals surface area (Å²) in [4.78, 5) is 4.69. The van der Waals surface area contributed by atoms with Crippen molar-refractivity contribution in [1.82, 2.24) is 13.7 Å². The molecule has 0 atom stereocenters. The minimum atomic E-state index is -3.59. The molecule has 0 bridgehead atoms. The molecule has 1 aliphatic rings. The number of nitrogens with zero attached hydrogens (tertiary/aromatic N) is 3. The van der Waals surface area contributed by atoms with Crippen molar-refractivity contribution in [3.05, 3.63) is 16.7 Å². The van der Waals surface area contributed by atoms with Crippen molar-refractivity contribution in [2.24, 2.45) is 5.41 Å². The Morgan fingerprint density at radius 2 is 2.21 bits per heavy atom. The zero-order chi connectivity index (χ0) is 13.8. The molecule has 0 unspecified atom stereocenters. The maximum absolute atomic E-state index is 12.7. The number of hydrogen-bond donors (Lipinski definition) is 0. The van der Waals surface area contributed by atoms with Gasteiger partial charge in [-0.05, 0) is 11.8 Å². The summed E-state index contributed by atoms with van der Waals surface area (Å²) in [5.41, 5.74) is 0.0119. The molecule has 2 aromatic rings. The highest BCUT2D eigenvalue weighted by atomic mass is 35.5. The molecular weight excluding hydrogens is 306 g/mol. The van der Waals surface area contributed by atoms with Crippen molar-refractivity contribution in [3.63, 3.8) is 0 Å². The maximum atomic E-state index is 12.7. The Balaban J connectivity index is 2.10. The van der Waals surface area contributed by atoms with Crippen molar-refractivity contribution < 1.29 is 8.42 Å². The van der Waals surface area contributed by atoms with E-state index < -0.39 is 10.0 Å². The summed E-state index contributed by atoms with van der Waals surface area (Å²) in [7, 11) is -3.59. The third kappa shape index (κ3) is 2.08. The second-order valence-electron chi connectivity index (χ2n) is 5.52. The average molecular weight is 320 g/mol. The first-order chi connectivity index (χ1) is 8.81. The first-order valence-electron chi connectivity index (χ1n) is 5.92. The van der Waals surface area contributed by atoms with E-state index in [1.54, 1.807) is 16.0 Å². The molecular formula is C11H14ClN3O2S2. The van der Waals surface area contributed by atoms with Gasteiger partial charge in [-0.3, -0.25) is 4.40 Å². The molecule has 1 fully saturated rings. The predicted octanol–water partition coefficient (Wildman–Crippen LogP) is 2.47. The number of hydrogen-bond acceptors (Lipinski definition) is 4. The van der Waals surface area contributed by atoms with Gasteiger partial charge in [-0.1, -0.05) is 25.4 Å². The van der Waals surface area contributed by atoms with E-state index in [0.717, 1.165) is 6.42 Å². The van der Waals surface area contributed by atoms with Gasteiger partial charge in [0.2, 0.25) is 0 Å². The number of thiazole rings is 1. The predicted molar refractivity (Wildman–Crippen MR) is 75.2 cm³/mol. The SMILES string of the molecule is CC1(C)CCN(S(=O)(=O)c2c(Cl)nc3sccn23)C1. The normalized spacial score (nSPS) is 20.4. The van der Waals surface area contributed by atoms with Crippen molar-refractivity contribution >= 4 is 37.9 Å². The van der Waals surface area contributed by atoms with Gasteiger partial charge in [-0.2, -0.15) is 4.31 Å². The lowest BCUT2D eigenvalue weighted by molar-refractivity contribution is 0.375. The molecule has 1 saturated heterocycles. The Bertz CT molecular complexity index is 732. The molecule has 3 heterocycles. The number of halogens is 1. The summed E-state index contributed by atoms with van der Waals surface area (Å²) in [6.07, 6.45) is 2.54. The monoisotopic (exact) mass is 319 g/mol. The molecule has 104 valence electrons. The zero-order valence-corrected chi connectivity index (χ0v) is 13.0. The van der Waals surface area contributed by atoms with Crippen LogP contribution in [0.25, 0.3) is 4.96 Å². The van der Waals surface area contributed by atoms with E-state index >= 15 is 0 Å². The Kier molecular flexibility index (Phi) is 2.94. The third-order valence-corrected chi connectivity index (χ3v) is 6.41. The molecule has 1 aliphatic heterocycles. The molecule has 5 nitrogen and oxygen atoms in total. The lowest BCUT2D eigenvalue weighted by Gasteiger charge is -2.19. The summed E-state index contributed by atoms with van der Waals surface area (Å²) in [6, 6.07) is 0. The van der Waals surface area contributed by atoms with Crippen LogP contribution in [0.15, 0.2) is 16.6 Å². The van der Waals surface area contributed by atoms with Gasteiger partial charge in [0.1, 0.15) is 0 Å². The molecule has 0 amide bonds. The van der Waals surface area contributed by atoms with E-state index in [-0.39, 0.29) is 15.6 Å². The smallest absolute Gasteiger partial charge is 0.262 e. The van der Waals surface area contributed by atoms with Gasteiger partial charge < -0.3 is 0 Å². The molecule has 0 saturated carbocycles. The second-order valence-corrected chi connectivity index (χ2v) is 8.60. The Hall–Kier alpha value is -0.630. The van der Waals surface area contributed by atoms with Crippen molar-refractivity contribution in [2.75, 3.05) is 13.1 Å². The topological polar surface area (TPSA) is 54.7 Å². The average Bonchev–Trinajstić information content (AvgIpc) is 2.91. The fourth-order valence-electron chi connectivity index (χ4n) is 2.36. The molecule has 0 spiro atoms. The van der Waals surface area contributed by atoms with Crippen LogP contribution in [0.4, 0.5) is 0 Å². The molecule has 2 aromatic heterocycles. The van der Waals surface area contributed by atoms with Gasteiger partial charge in [0, 0.05) is 24.7 Å². The minimum Gasteiger partial charge on any atom is -0.279 e. The van der Waals surface area contributed by atoms with Crippen molar-refractivity contribution in [3.8, 4) is 0 Å². The molecule has 0 aromatic carbocycles. The Labute approximate surface area is 120 Å². The third-order valence-electron chi connectivity index (χ3n) is 3.41. The lowest BCUT2D eigenvalue weighted by Crippen LogP contribution is -2.31. The van der Waals surface area contributed by atoms with Crippen LogP contribution in [0.3, 0.4) is 0 Å². The van der Waals surface area contributed by atoms with Crippen LogP contribution < -0.4 is 0 Å². The minimum absolute atomic E-state index is 0.0119. The van der Waals surface area contributed by atoms with E-state index in [9.17, 15) is 8.42 Å². The van der Waals surface area contributed by atoms with E-state index in [2.05, 4.69) is 18.8 Å². The van der Waals surface area contributed by atoms with Gasteiger partial charge in [-0.15, -0.1) is 11.3 Å². The Morgan fingerprint density at radius 3 is 2.84 bits per heavy atom. The van der Waals surface area contributed by atoms with Gasteiger partial charge in [-0.25, -0.2) is 13.4 Å². The van der Waals surface area contributed by atoms with E-state index in [1.807, 2.05) is 0 Å². The quantitative estimate of drug-likeness (QED) is 0.854. The first-order valence-corrected chi connectivity index (χ1v) is 8.62. The van der Waals surface area contributed by atoms with Crippen LogP contribution in [0, 0.1) is 5.41 Å². The van der Waals surface area contributed by atoms with Crippen LogP contribution in [-0.2, 0) is 10.0 Å². The summed E-state index contributed by atoms with van der Waals surface area (Å²) in [5, 5.41) is 1.94. The summed E-state index contributed by atoms with van der Waals surface area (Å²) < 4.78 is 28.5. The summed E-state index contributed by atoms with van der Waals surface area (Å²) in [6.45, 7) is 5.19. The Morgan fingerprint density at radius 1 is 1.47 bits per heavy atom. The second kappa shape index (κ2) is 4.18. The highest BCUT2D eigenvalue weighted by Crippen LogP contribution is 2.35. The van der Waals surface area contributed by atoms with Gasteiger partial charge >= 0.3 is 0 Å². The van der Waals surface area contributed by atoms with Crippen molar-refractivity contribution in [2.45, 2.75) is 25.3 Å². The van der Waals surface area contributed by atoms with E-state index in [1.165, 1.54) is 15.6 Å². The molecule has 8 heteroatoms. The van der Waals surface area contributed by atoms with Crippen LogP contribution in [-0.4, -0.2) is 35.2 Å². The maximum Gasteiger partial charge on any atom is 0.262 e. The van der Waals surface area contributed by atoms with Crippen LogP contribution in [0.1, 0.15) is 20.3 Å². The van der Waals surface area contributed by atoms with Crippen LogP contribution in [0.2, 0.25) is 5.15 Å². The fraction of sp³-hybridized carbons (Fsp3) is 0.545. The number of sulfonamides is 1. The fourth-order valence-corrected chi connectivity index (χ4v) is 5.40. The lowest BCUT2D eigenvalue weighted by atomic mass is 9.93. The summed E-state index contributed by atoms with van der Waals surface area (Å²) in [5.74, 6) is 0. The van der Waals surface area contributed by atoms with E-state index in [4.69, 9.17) is 11.6 Å². The summed E-state index contributed by atoms with van der Waals surface area (Å²) >= 11 is 7.38. The molecule has 0 aliphatic carbocycles. The molecule has 0 radical (unpaired) electrons. The van der Waals surface area contributed by atoms with Gasteiger partial charge in [0.15, 0.2) is 15.1 Å². The molecule has 3 rings (SSSR count).